The first-order valence-electron chi connectivity index (χ1n) is 13.8. The molecule has 2 unspecified atom stereocenters. The van der Waals surface area contributed by atoms with Crippen molar-refractivity contribution in [2.45, 2.75) is 156 Å². The number of carboxylic acids is 2. The highest BCUT2D eigenvalue weighted by Crippen LogP contribution is 2.41. The minimum atomic E-state index is -0.641. The fraction of sp³-hybridized carbons (Fsp3) is 0.929. The third-order valence-corrected chi connectivity index (χ3v) is 7.50. The first-order valence-corrected chi connectivity index (χ1v) is 13.8. The molecule has 0 spiro atoms. The third-order valence-electron chi connectivity index (χ3n) is 7.50. The van der Waals surface area contributed by atoms with E-state index in [9.17, 15) is 19.8 Å². The van der Waals surface area contributed by atoms with Gasteiger partial charge in [-0.05, 0) is 38.5 Å². The van der Waals surface area contributed by atoms with Crippen LogP contribution in [0.3, 0.4) is 0 Å². The molecule has 0 radical (unpaired) electrons. The summed E-state index contributed by atoms with van der Waals surface area (Å²) in [5, 5.41) is 20.3. The largest absolute Gasteiger partial charge is 0.481 e. The van der Waals surface area contributed by atoms with Crippen molar-refractivity contribution in [1.29, 1.82) is 0 Å². The van der Waals surface area contributed by atoms with Crippen molar-refractivity contribution in [3.8, 4) is 0 Å². The molecule has 0 heterocycles. The molecule has 4 heteroatoms. The zero-order chi connectivity index (χ0) is 24.3. The molecule has 2 N–H and O–H groups in total. The summed E-state index contributed by atoms with van der Waals surface area (Å²) in [7, 11) is 0. The zero-order valence-corrected chi connectivity index (χ0v) is 21.9. The lowest BCUT2D eigenvalue weighted by molar-refractivity contribution is -0.152. The lowest BCUT2D eigenvalue weighted by atomic mass is 9.71. The van der Waals surface area contributed by atoms with Crippen LogP contribution in [0.25, 0.3) is 0 Å². The molecule has 0 saturated heterocycles. The molecule has 0 amide bonds. The van der Waals surface area contributed by atoms with E-state index in [4.69, 9.17) is 0 Å². The highest BCUT2D eigenvalue weighted by molar-refractivity contribution is 5.75. The Morgan fingerprint density at radius 2 is 0.688 bits per heavy atom. The number of carboxylic acid groups (broad SMARTS) is 2. The quantitative estimate of drug-likeness (QED) is 0.151. The van der Waals surface area contributed by atoms with Crippen molar-refractivity contribution in [3.63, 3.8) is 0 Å². The topological polar surface area (TPSA) is 74.6 Å². The number of hydrogen-bond acceptors (Lipinski definition) is 2. The minimum Gasteiger partial charge on any atom is -0.481 e. The molecule has 0 aromatic carbocycles. The highest BCUT2D eigenvalue weighted by Gasteiger charge is 2.39. The summed E-state index contributed by atoms with van der Waals surface area (Å²) in [4.78, 5) is 24.7. The molecule has 0 aliphatic rings. The molecule has 0 fully saturated rings. The van der Waals surface area contributed by atoms with Gasteiger partial charge >= 0.3 is 11.9 Å². The second kappa shape index (κ2) is 18.4. The molecule has 0 aromatic rings. The van der Waals surface area contributed by atoms with Crippen LogP contribution in [0.15, 0.2) is 0 Å². The molecule has 4 nitrogen and oxygen atoms in total. The van der Waals surface area contributed by atoms with Gasteiger partial charge in [-0.2, -0.15) is 0 Å². The Hall–Kier alpha value is -1.06. The third kappa shape index (κ3) is 11.7. The van der Waals surface area contributed by atoms with Gasteiger partial charge < -0.3 is 10.2 Å². The Kier molecular flexibility index (Phi) is 17.8. The molecule has 0 aromatic heterocycles. The van der Waals surface area contributed by atoms with Crippen LogP contribution in [0.4, 0.5) is 0 Å². The number of unbranched alkanes of at least 4 members (excludes halogenated alkanes) is 9. The number of hydrogen-bond donors (Lipinski definition) is 2. The van der Waals surface area contributed by atoms with Gasteiger partial charge in [0.2, 0.25) is 0 Å². The van der Waals surface area contributed by atoms with Crippen molar-refractivity contribution >= 4 is 11.9 Å². The van der Waals surface area contributed by atoms with Gasteiger partial charge in [-0.15, -0.1) is 0 Å². The summed E-state index contributed by atoms with van der Waals surface area (Å²) in [6.45, 7) is 8.60. The average Bonchev–Trinajstić information content (AvgIpc) is 2.77. The summed E-state index contributed by atoms with van der Waals surface area (Å²) in [6.07, 6.45) is 18.8. The summed E-state index contributed by atoms with van der Waals surface area (Å²) in [6, 6.07) is 0. The molecular formula is C28H54O4. The predicted molar refractivity (Wildman–Crippen MR) is 135 cm³/mol. The second-order valence-electron chi connectivity index (χ2n) is 10.2. The van der Waals surface area contributed by atoms with Crippen molar-refractivity contribution in [2.24, 2.45) is 10.8 Å². The van der Waals surface area contributed by atoms with Crippen molar-refractivity contribution in [3.05, 3.63) is 0 Å². The van der Waals surface area contributed by atoms with Crippen molar-refractivity contribution in [1.82, 2.24) is 0 Å². The SMILES string of the molecule is CCCCCCC(CCCC)(CCCCC(CCCC)(CCCCCC)C(=O)O)C(=O)O. The van der Waals surface area contributed by atoms with Gasteiger partial charge in [-0.3, -0.25) is 9.59 Å². The molecule has 0 saturated carbocycles. The van der Waals surface area contributed by atoms with Crippen molar-refractivity contribution in [2.75, 3.05) is 0 Å². The normalized spacial score (nSPS) is 15.2. The molecule has 0 aliphatic heterocycles. The van der Waals surface area contributed by atoms with Gasteiger partial charge in [0.25, 0.3) is 0 Å². The van der Waals surface area contributed by atoms with E-state index in [0.29, 0.717) is 12.8 Å². The van der Waals surface area contributed by atoms with E-state index >= 15 is 0 Å². The molecule has 32 heavy (non-hydrogen) atoms. The van der Waals surface area contributed by atoms with Crippen LogP contribution in [0.5, 0.6) is 0 Å². The van der Waals surface area contributed by atoms with Crippen LogP contribution in [0, 0.1) is 10.8 Å². The zero-order valence-electron chi connectivity index (χ0n) is 21.9. The van der Waals surface area contributed by atoms with Gasteiger partial charge in [-0.25, -0.2) is 0 Å². The van der Waals surface area contributed by atoms with E-state index < -0.39 is 22.8 Å². The lowest BCUT2D eigenvalue weighted by Crippen LogP contribution is -2.33. The van der Waals surface area contributed by atoms with Crippen LogP contribution >= 0.6 is 0 Å². The molecule has 0 bridgehead atoms. The maximum Gasteiger partial charge on any atom is 0.309 e. The van der Waals surface area contributed by atoms with E-state index in [1.54, 1.807) is 0 Å². The predicted octanol–water partition coefficient (Wildman–Crippen LogP) is 9.01. The number of rotatable bonds is 23. The Morgan fingerprint density at radius 3 is 0.938 bits per heavy atom. The van der Waals surface area contributed by atoms with Gasteiger partial charge in [0, 0.05) is 0 Å². The summed E-state index contributed by atoms with van der Waals surface area (Å²) in [5.41, 5.74) is -1.25. The molecule has 0 rings (SSSR count). The molecule has 0 aliphatic carbocycles. The van der Waals surface area contributed by atoms with Crippen LogP contribution in [0.2, 0.25) is 0 Å². The fourth-order valence-electron chi connectivity index (χ4n) is 5.13. The van der Waals surface area contributed by atoms with E-state index in [0.717, 1.165) is 103 Å². The molecule has 190 valence electrons. The van der Waals surface area contributed by atoms with E-state index in [1.165, 1.54) is 12.8 Å². The van der Waals surface area contributed by atoms with Crippen LogP contribution in [0.1, 0.15) is 156 Å². The first-order chi connectivity index (χ1) is 15.3. The standard InChI is InChI=1S/C28H54O4/c1-5-9-13-15-21-27(25(29)30,19-11-7-3)23-17-18-24-28(26(31)32,20-12-8-4)22-16-14-10-6-2/h5-24H2,1-4H3,(H,29,30)(H,31,32). The smallest absolute Gasteiger partial charge is 0.309 e. The summed E-state index contributed by atoms with van der Waals surface area (Å²) in [5.74, 6) is -1.28. The monoisotopic (exact) mass is 454 g/mol. The van der Waals surface area contributed by atoms with Gasteiger partial charge in [0.15, 0.2) is 0 Å². The van der Waals surface area contributed by atoms with Gasteiger partial charge in [0.05, 0.1) is 10.8 Å². The lowest BCUT2D eigenvalue weighted by Gasteiger charge is -2.32. The molecule has 2 atom stereocenters. The van der Waals surface area contributed by atoms with E-state index in [-0.39, 0.29) is 0 Å². The fourth-order valence-corrected chi connectivity index (χ4v) is 5.13. The van der Waals surface area contributed by atoms with Crippen molar-refractivity contribution < 1.29 is 19.8 Å². The molecular weight excluding hydrogens is 400 g/mol. The number of carbonyl (C=O) groups is 2. The van der Waals surface area contributed by atoms with E-state index in [1.807, 2.05) is 0 Å². The summed E-state index contributed by atoms with van der Waals surface area (Å²) >= 11 is 0. The Balaban J connectivity index is 5.11. The Bertz CT molecular complexity index is 446. The second-order valence-corrected chi connectivity index (χ2v) is 10.2. The van der Waals surface area contributed by atoms with E-state index in [2.05, 4.69) is 27.7 Å². The minimum absolute atomic E-state index is 0.625. The van der Waals surface area contributed by atoms with Crippen LogP contribution in [-0.2, 0) is 9.59 Å². The van der Waals surface area contributed by atoms with Crippen LogP contribution in [-0.4, -0.2) is 22.2 Å². The first kappa shape index (κ1) is 30.9. The Morgan fingerprint density at radius 1 is 0.438 bits per heavy atom. The Labute approximate surface area is 199 Å². The maximum atomic E-state index is 12.3. The number of aliphatic carboxylic acids is 2. The summed E-state index contributed by atoms with van der Waals surface area (Å²) < 4.78 is 0. The van der Waals surface area contributed by atoms with Crippen LogP contribution < -0.4 is 0 Å². The van der Waals surface area contributed by atoms with Gasteiger partial charge in [0.1, 0.15) is 0 Å². The average molecular weight is 455 g/mol. The van der Waals surface area contributed by atoms with Gasteiger partial charge in [-0.1, -0.05) is 118 Å². The maximum absolute atomic E-state index is 12.3. The highest BCUT2D eigenvalue weighted by atomic mass is 16.4.